The SMILES string of the molecule is CCCC1CNC(C(C)(C)C)CN1Cc1cccc(F)c1. The smallest absolute Gasteiger partial charge is 0.123 e. The van der Waals surface area contributed by atoms with Crippen LogP contribution < -0.4 is 5.32 Å². The van der Waals surface area contributed by atoms with E-state index in [9.17, 15) is 4.39 Å². The first-order chi connectivity index (χ1) is 9.90. The van der Waals surface area contributed by atoms with Crippen LogP contribution in [0.2, 0.25) is 0 Å². The summed E-state index contributed by atoms with van der Waals surface area (Å²) >= 11 is 0. The van der Waals surface area contributed by atoms with Crippen molar-refractivity contribution in [1.29, 1.82) is 0 Å². The van der Waals surface area contributed by atoms with Crippen molar-refractivity contribution in [1.82, 2.24) is 10.2 Å². The number of benzene rings is 1. The van der Waals surface area contributed by atoms with E-state index >= 15 is 0 Å². The summed E-state index contributed by atoms with van der Waals surface area (Å²) in [5, 5.41) is 3.71. The summed E-state index contributed by atoms with van der Waals surface area (Å²) in [4.78, 5) is 2.53. The lowest BCUT2D eigenvalue weighted by Crippen LogP contribution is -2.59. The number of hydrogen-bond acceptors (Lipinski definition) is 2. The van der Waals surface area contributed by atoms with E-state index in [0.717, 1.165) is 25.2 Å². The third-order valence-electron chi connectivity index (χ3n) is 4.48. The second-order valence-electron chi connectivity index (χ2n) is 7.33. The molecule has 1 heterocycles. The van der Waals surface area contributed by atoms with E-state index in [1.54, 1.807) is 6.07 Å². The highest BCUT2D eigenvalue weighted by molar-refractivity contribution is 5.16. The summed E-state index contributed by atoms with van der Waals surface area (Å²) in [6.07, 6.45) is 2.38. The molecule has 0 bridgehead atoms. The van der Waals surface area contributed by atoms with Crippen LogP contribution in [-0.2, 0) is 6.54 Å². The van der Waals surface area contributed by atoms with Crippen LogP contribution in [0.5, 0.6) is 0 Å². The Kier molecular flexibility index (Phi) is 5.39. The molecule has 118 valence electrons. The molecule has 1 saturated heterocycles. The minimum atomic E-state index is -0.137. The molecule has 1 aromatic rings. The largest absolute Gasteiger partial charge is 0.311 e. The highest BCUT2D eigenvalue weighted by Crippen LogP contribution is 2.26. The molecule has 2 nitrogen and oxygen atoms in total. The molecule has 2 unspecified atom stereocenters. The number of nitrogens with one attached hydrogen (secondary N) is 1. The predicted octanol–water partition coefficient (Wildman–Crippen LogP) is 3.81. The van der Waals surface area contributed by atoms with E-state index in [1.807, 2.05) is 12.1 Å². The van der Waals surface area contributed by atoms with Gasteiger partial charge < -0.3 is 5.32 Å². The first kappa shape index (κ1) is 16.4. The van der Waals surface area contributed by atoms with Gasteiger partial charge in [0.15, 0.2) is 0 Å². The maximum Gasteiger partial charge on any atom is 0.123 e. The van der Waals surface area contributed by atoms with Gasteiger partial charge in [-0.2, -0.15) is 0 Å². The fourth-order valence-electron chi connectivity index (χ4n) is 3.12. The molecule has 0 radical (unpaired) electrons. The van der Waals surface area contributed by atoms with Gasteiger partial charge in [0.05, 0.1) is 0 Å². The third-order valence-corrected chi connectivity index (χ3v) is 4.48. The normalized spacial score (nSPS) is 24.2. The predicted molar refractivity (Wildman–Crippen MR) is 86.8 cm³/mol. The summed E-state index contributed by atoms with van der Waals surface area (Å²) in [5.74, 6) is -0.137. The fraction of sp³-hybridized carbons (Fsp3) is 0.667. The number of hydrogen-bond donors (Lipinski definition) is 1. The second-order valence-corrected chi connectivity index (χ2v) is 7.33. The van der Waals surface area contributed by atoms with Crippen molar-refractivity contribution in [3.63, 3.8) is 0 Å². The number of rotatable bonds is 4. The minimum Gasteiger partial charge on any atom is -0.311 e. The molecule has 0 spiro atoms. The molecule has 1 fully saturated rings. The van der Waals surface area contributed by atoms with E-state index in [2.05, 4.69) is 37.9 Å². The van der Waals surface area contributed by atoms with Crippen LogP contribution in [0.15, 0.2) is 24.3 Å². The van der Waals surface area contributed by atoms with Crippen LogP contribution in [0, 0.1) is 11.2 Å². The van der Waals surface area contributed by atoms with E-state index in [-0.39, 0.29) is 11.2 Å². The first-order valence-corrected chi connectivity index (χ1v) is 8.12. The van der Waals surface area contributed by atoms with Gasteiger partial charge in [0.2, 0.25) is 0 Å². The minimum absolute atomic E-state index is 0.137. The van der Waals surface area contributed by atoms with Gasteiger partial charge in [0.25, 0.3) is 0 Å². The molecule has 0 aromatic heterocycles. The van der Waals surface area contributed by atoms with Crippen molar-refractivity contribution in [2.24, 2.45) is 5.41 Å². The maximum atomic E-state index is 13.4. The van der Waals surface area contributed by atoms with Gasteiger partial charge in [-0.1, -0.05) is 46.2 Å². The molecule has 3 heteroatoms. The Bertz CT molecular complexity index is 453. The molecule has 0 amide bonds. The molecule has 1 N–H and O–H groups in total. The molecule has 0 aliphatic carbocycles. The van der Waals surface area contributed by atoms with Crippen LogP contribution >= 0.6 is 0 Å². The molecule has 2 atom stereocenters. The Morgan fingerprint density at radius 3 is 2.71 bits per heavy atom. The molecular weight excluding hydrogens is 263 g/mol. The number of nitrogens with zero attached hydrogens (tertiary/aromatic N) is 1. The van der Waals surface area contributed by atoms with Crippen LogP contribution in [0.4, 0.5) is 4.39 Å². The number of halogens is 1. The highest BCUT2D eigenvalue weighted by Gasteiger charge is 2.33. The van der Waals surface area contributed by atoms with Gasteiger partial charge in [0.1, 0.15) is 5.82 Å². The zero-order valence-corrected chi connectivity index (χ0v) is 13.8. The maximum absolute atomic E-state index is 13.4. The van der Waals surface area contributed by atoms with E-state index in [0.29, 0.717) is 12.1 Å². The van der Waals surface area contributed by atoms with Gasteiger partial charge >= 0.3 is 0 Å². The molecule has 1 aliphatic heterocycles. The molecule has 0 saturated carbocycles. The van der Waals surface area contributed by atoms with Gasteiger partial charge in [-0.25, -0.2) is 4.39 Å². The van der Waals surface area contributed by atoms with Crippen molar-refractivity contribution >= 4 is 0 Å². The second kappa shape index (κ2) is 6.89. The zero-order valence-electron chi connectivity index (χ0n) is 13.8. The molecule has 21 heavy (non-hydrogen) atoms. The molecule has 1 aliphatic rings. The van der Waals surface area contributed by atoms with Crippen LogP contribution in [-0.4, -0.2) is 30.1 Å². The van der Waals surface area contributed by atoms with Gasteiger partial charge in [-0.05, 0) is 29.5 Å². The van der Waals surface area contributed by atoms with Crippen molar-refractivity contribution in [2.45, 2.75) is 59.2 Å². The fourth-order valence-corrected chi connectivity index (χ4v) is 3.12. The van der Waals surface area contributed by atoms with Gasteiger partial charge in [-0.3, -0.25) is 4.90 Å². The zero-order chi connectivity index (χ0) is 15.5. The van der Waals surface area contributed by atoms with E-state index in [4.69, 9.17) is 0 Å². The average molecular weight is 292 g/mol. The lowest BCUT2D eigenvalue weighted by Gasteiger charge is -2.45. The Morgan fingerprint density at radius 1 is 1.33 bits per heavy atom. The third kappa shape index (κ3) is 4.52. The van der Waals surface area contributed by atoms with E-state index in [1.165, 1.54) is 18.9 Å². The summed E-state index contributed by atoms with van der Waals surface area (Å²) < 4.78 is 13.4. The molecule has 1 aromatic carbocycles. The Balaban J connectivity index is 2.10. The summed E-state index contributed by atoms with van der Waals surface area (Å²) in [6, 6.07) is 8.05. The van der Waals surface area contributed by atoms with Crippen LogP contribution in [0.3, 0.4) is 0 Å². The van der Waals surface area contributed by atoms with Crippen molar-refractivity contribution < 1.29 is 4.39 Å². The van der Waals surface area contributed by atoms with Gasteiger partial charge in [-0.15, -0.1) is 0 Å². The van der Waals surface area contributed by atoms with Crippen molar-refractivity contribution in [3.8, 4) is 0 Å². The molecular formula is C18H29FN2. The standard InChI is InChI=1S/C18H29FN2/c1-5-7-16-11-20-17(18(2,3)4)13-21(16)12-14-8-6-9-15(19)10-14/h6,8-10,16-17,20H,5,7,11-13H2,1-4H3. The summed E-state index contributed by atoms with van der Waals surface area (Å²) in [7, 11) is 0. The van der Waals surface area contributed by atoms with Crippen LogP contribution in [0.25, 0.3) is 0 Å². The quantitative estimate of drug-likeness (QED) is 0.907. The molecule has 2 rings (SSSR count). The Hall–Kier alpha value is -0.930. The monoisotopic (exact) mass is 292 g/mol. The van der Waals surface area contributed by atoms with Crippen molar-refractivity contribution in [2.75, 3.05) is 13.1 Å². The average Bonchev–Trinajstić information content (AvgIpc) is 2.40. The first-order valence-electron chi connectivity index (χ1n) is 8.12. The van der Waals surface area contributed by atoms with E-state index < -0.39 is 0 Å². The highest BCUT2D eigenvalue weighted by atomic mass is 19.1. The van der Waals surface area contributed by atoms with Crippen LogP contribution in [0.1, 0.15) is 46.1 Å². The summed E-state index contributed by atoms with van der Waals surface area (Å²) in [6.45, 7) is 12.0. The number of piperazine rings is 1. The lowest BCUT2D eigenvalue weighted by molar-refractivity contribution is 0.0747. The Labute approximate surface area is 128 Å². The van der Waals surface area contributed by atoms with Gasteiger partial charge in [0, 0.05) is 31.7 Å². The summed E-state index contributed by atoms with van der Waals surface area (Å²) in [5.41, 5.74) is 1.32. The lowest BCUT2D eigenvalue weighted by atomic mass is 9.84. The van der Waals surface area contributed by atoms with Crippen molar-refractivity contribution in [3.05, 3.63) is 35.6 Å². The Morgan fingerprint density at radius 2 is 2.10 bits per heavy atom. The topological polar surface area (TPSA) is 15.3 Å².